The number of benzene rings is 2. The van der Waals surface area contributed by atoms with Gasteiger partial charge in [-0.25, -0.2) is 4.79 Å². The van der Waals surface area contributed by atoms with E-state index in [0.717, 1.165) is 11.1 Å². The van der Waals surface area contributed by atoms with E-state index in [-0.39, 0.29) is 24.6 Å². The van der Waals surface area contributed by atoms with Crippen LogP contribution in [0.25, 0.3) is 0 Å². The fourth-order valence-electron chi connectivity index (χ4n) is 4.48. The molecule has 0 radical (unpaired) electrons. The van der Waals surface area contributed by atoms with Crippen LogP contribution in [0.3, 0.4) is 0 Å². The zero-order chi connectivity index (χ0) is 30.7. The van der Waals surface area contributed by atoms with E-state index < -0.39 is 51.0 Å². The second-order valence-electron chi connectivity index (χ2n) is 9.44. The normalized spacial score (nSPS) is 19.1. The summed E-state index contributed by atoms with van der Waals surface area (Å²) in [7, 11) is -1.42. The standard InChI is InChI=1S/C27H25Cl6N2O5PS/c1-16(36)39-12-19-13-42-24-20(34-41(14-26(28,29)30)15-27(31,32)33)23(37)35(24)21(19)25(38)40-22(17-8-4-2-5-9-17)18-10-6-3-7-11-18/h2-11,20,22,24,34H,12-15H2,1H3/t20-,24+/m0/s1. The molecule has 0 saturated carbocycles. The Morgan fingerprint density at radius 3 is 1.98 bits per heavy atom. The molecule has 2 atom stereocenters. The molecule has 1 saturated heterocycles. The summed E-state index contributed by atoms with van der Waals surface area (Å²) < 4.78 is 8.03. The van der Waals surface area contributed by atoms with Gasteiger partial charge in [0, 0.05) is 30.6 Å². The highest BCUT2D eigenvalue weighted by atomic mass is 35.6. The molecule has 1 N–H and O–H groups in total. The smallest absolute Gasteiger partial charge is 0.356 e. The number of carbonyl (C=O) groups is 3. The lowest BCUT2D eigenvalue weighted by atomic mass is 10.0. The van der Waals surface area contributed by atoms with E-state index in [1.165, 1.54) is 23.6 Å². The Labute approximate surface area is 279 Å². The van der Waals surface area contributed by atoms with Gasteiger partial charge >= 0.3 is 11.9 Å². The van der Waals surface area contributed by atoms with Crippen molar-refractivity contribution in [2.75, 3.05) is 24.7 Å². The predicted octanol–water partition coefficient (Wildman–Crippen LogP) is 7.15. The number of esters is 2. The number of hydrogen-bond acceptors (Lipinski definition) is 7. The van der Waals surface area contributed by atoms with Crippen LogP contribution in [0.4, 0.5) is 0 Å². The lowest BCUT2D eigenvalue weighted by molar-refractivity contribution is -0.153. The van der Waals surface area contributed by atoms with Crippen LogP contribution in [0, 0.1) is 0 Å². The predicted molar refractivity (Wildman–Crippen MR) is 172 cm³/mol. The van der Waals surface area contributed by atoms with E-state index in [0.29, 0.717) is 11.3 Å². The molecule has 15 heteroatoms. The van der Waals surface area contributed by atoms with Gasteiger partial charge in [-0.3, -0.25) is 19.6 Å². The Morgan fingerprint density at radius 2 is 1.50 bits per heavy atom. The molecular formula is C27H25Cl6N2O5PS. The number of β-lactam (4-membered cyclic amide) rings is 1. The molecule has 2 heterocycles. The van der Waals surface area contributed by atoms with E-state index in [4.69, 9.17) is 79.1 Å². The van der Waals surface area contributed by atoms with Crippen molar-refractivity contribution in [3.8, 4) is 0 Å². The molecule has 0 unspecified atom stereocenters. The van der Waals surface area contributed by atoms with E-state index in [2.05, 4.69) is 5.09 Å². The van der Waals surface area contributed by atoms with Crippen LogP contribution in [-0.4, -0.2) is 66.4 Å². The first-order valence-corrected chi connectivity index (χ1v) is 17.5. The van der Waals surface area contributed by atoms with Crippen molar-refractivity contribution in [3.05, 3.63) is 83.1 Å². The van der Waals surface area contributed by atoms with E-state index in [1.807, 2.05) is 60.7 Å². The van der Waals surface area contributed by atoms with Gasteiger partial charge in [0.25, 0.3) is 0 Å². The van der Waals surface area contributed by atoms with Crippen molar-refractivity contribution in [3.63, 3.8) is 0 Å². The lowest BCUT2D eigenvalue weighted by Gasteiger charge is -2.51. The minimum atomic E-state index is -1.64. The first kappa shape index (κ1) is 34.0. The van der Waals surface area contributed by atoms with Crippen LogP contribution in [0.1, 0.15) is 24.2 Å². The Kier molecular flexibility index (Phi) is 11.7. The zero-order valence-corrected chi connectivity index (χ0v) is 28.2. The maximum Gasteiger partial charge on any atom is 0.356 e. The van der Waals surface area contributed by atoms with Crippen molar-refractivity contribution in [2.24, 2.45) is 0 Å². The summed E-state index contributed by atoms with van der Waals surface area (Å²) >= 11 is 37.6. The van der Waals surface area contributed by atoms with Crippen molar-refractivity contribution in [1.82, 2.24) is 9.99 Å². The van der Waals surface area contributed by atoms with Crippen LogP contribution in [0.5, 0.6) is 0 Å². The molecule has 1 fully saturated rings. The number of alkyl halides is 6. The number of nitrogens with one attached hydrogen (secondary N) is 1. The van der Waals surface area contributed by atoms with Crippen molar-refractivity contribution in [1.29, 1.82) is 0 Å². The highest BCUT2D eigenvalue weighted by molar-refractivity contribution is 8.00. The number of ether oxygens (including phenoxy) is 2. The third kappa shape index (κ3) is 9.06. The molecule has 1 amide bonds. The van der Waals surface area contributed by atoms with Gasteiger partial charge in [0.05, 0.1) is 0 Å². The van der Waals surface area contributed by atoms with Crippen LogP contribution in [0.15, 0.2) is 71.9 Å². The Hall–Kier alpha value is -0.930. The molecule has 0 bridgehead atoms. The number of hydrogen-bond donors (Lipinski definition) is 1. The molecule has 0 spiro atoms. The molecule has 42 heavy (non-hydrogen) atoms. The van der Waals surface area contributed by atoms with Crippen molar-refractivity contribution in [2.45, 2.75) is 32.0 Å². The number of nitrogens with zero attached hydrogens (tertiary/aromatic N) is 1. The van der Waals surface area contributed by atoms with Gasteiger partial charge in [-0.05, 0) is 19.2 Å². The minimum Gasteiger partial charge on any atom is -0.461 e. The van der Waals surface area contributed by atoms with Crippen LogP contribution in [0.2, 0.25) is 0 Å². The summed E-state index contributed by atoms with van der Waals surface area (Å²) in [5.41, 5.74) is 1.99. The summed E-state index contributed by atoms with van der Waals surface area (Å²) in [5, 5.41) is 2.72. The summed E-state index contributed by atoms with van der Waals surface area (Å²) in [5.74, 6) is -1.35. The van der Waals surface area contributed by atoms with Crippen molar-refractivity contribution >= 4 is 107 Å². The molecule has 7 nitrogen and oxygen atoms in total. The Morgan fingerprint density at radius 1 is 0.976 bits per heavy atom. The summed E-state index contributed by atoms with van der Waals surface area (Å²) in [6.45, 7) is 1.10. The van der Waals surface area contributed by atoms with E-state index in [9.17, 15) is 14.4 Å². The number of carbonyl (C=O) groups excluding carboxylic acids is 3. The van der Waals surface area contributed by atoms with Crippen LogP contribution in [-0.2, 0) is 23.9 Å². The second-order valence-corrected chi connectivity index (χ2v) is 17.5. The molecular weight excluding hydrogens is 708 g/mol. The number of rotatable bonds is 10. The number of amides is 1. The minimum absolute atomic E-state index is 0.0281. The Balaban J connectivity index is 1.62. The average molecular weight is 733 g/mol. The summed E-state index contributed by atoms with van der Waals surface area (Å²) in [4.78, 5) is 40.5. The highest BCUT2D eigenvalue weighted by Gasteiger charge is 2.55. The fourth-order valence-corrected chi connectivity index (χ4v) is 10.3. The fraction of sp³-hybridized carbons (Fsp3) is 0.370. The van der Waals surface area contributed by atoms with Crippen LogP contribution >= 0.6 is 89.4 Å². The molecule has 226 valence electrons. The number of thioether (sulfide) groups is 1. The first-order chi connectivity index (χ1) is 19.7. The van der Waals surface area contributed by atoms with Gasteiger partial charge in [-0.1, -0.05) is 130 Å². The van der Waals surface area contributed by atoms with E-state index in [1.54, 1.807) is 0 Å². The molecule has 2 aliphatic rings. The maximum absolute atomic E-state index is 13.9. The topological polar surface area (TPSA) is 84.9 Å². The SMILES string of the molecule is CC(=O)OCC1=C(C(=O)OC(c2ccccc2)c2ccccc2)N2C(=O)[C@H](NP(CC(Cl)(Cl)Cl)CC(Cl)(Cl)Cl)[C@H]2SC1. The van der Waals surface area contributed by atoms with Gasteiger partial charge in [0.15, 0.2) is 13.7 Å². The molecule has 0 aromatic heterocycles. The van der Waals surface area contributed by atoms with Gasteiger partial charge in [0.2, 0.25) is 5.91 Å². The van der Waals surface area contributed by atoms with Gasteiger partial charge in [-0.2, -0.15) is 0 Å². The molecule has 0 aliphatic carbocycles. The summed E-state index contributed by atoms with van der Waals surface area (Å²) in [6, 6.07) is 17.8. The van der Waals surface area contributed by atoms with E-state index >= 15 is 0 Å². The maximum atomic E-state index is 13.9. The molecule has 2 aliphatic heterocycles. The van der Waals surface area contributed by atoms with Gasteiger partial charge in [-0.15, -0.1) is 11.8 Å². The molecule has 2 aromatic rings. The quantitative estimate of drug-likeness (QED) is 0.120. The van der Waals surface area contributed by atoms with Gasteiger partial charge in [0.1, 0.15) is 23.7 Å². The third-order valence-electron chi connectivity index (χ3n) is 6.18. The average Bonchev–Trinajstić information content (AvgIpc) is 2.91. The third-order valence-corrected chi connectivity index (χ3v) is 11.8. The first-order valence-electron chi connectivity index (χ1n) is 12.5. The second kappa shape index (κ2) is 14.4. The Bertz CT molecular complexity index is 1270. The van der Waals surface area contributed by atoms with Gasteiger partial charge < -0.3 is 9.47 Å². The zero-order valence-electron chi connectivity index (χ0n) is 21.9. The summed E-state index contributed by atoms with van der Waals surface area (Å²) in [6.07, 6.45) is -0.692. The number of halogens is 6. The number of fused-ring (bicyclic) bond motifs is 1. The monoisotopic (exact) mass is 730 g/mol. The molecule has 2 aromatic carbocycles. The van der Waals surface area contributed by atoms with Crippen molar-refractivity contribution < 1.29 is 23.9 Å². The largest absolute Gasteiger partial charge is 0.461 e. The highest BCUT2D eigenvalue weighted by Crippen LogP contribution is 2.50. The lowest BCUT2D eigenvalue weighted by Crippen LogP contribution is -2.69. The molecule has 4 rings (SSSR count). The van der Waals surface area contributed by atoms with Crippen LogP contribution < -0.4 is 5.09 Å².